The highest BCUT2D eigenvalue weighted by Gasteiger charge is 1.91. The van der Waals surface area contributed by atoms with Gasteiger partial charge in [-0.05, 0) is 24.1 Å². The van der Waals surface area contributed by atoms with E-state index in [9.17, 15) is 0 Å². The van der Waals surface area contributed by atoms with E-state index in [0.29, 0.717) is 0 Å². The van der Waals surface area contributed by atoms with Gasteiger partial charge in [-0.1, -0.05) is 19.1 Å². The third kappa shape index (κ3) is 2.24. The standard InChI is InChI=1S/C9H13NO/c1-3-8-4-6-9(7-5-8)11-10-2/h4-7,10H,3H2,1-2H3. The van der Waals surface area contributed by atoms with Crippen LogP contribution < -0.4 is 10.3 Å². The minimum absolute atomic E-state index is 0.852. The number of hydrogen-bond donors (Lipinski definition) is 1. The van der Waals surface area contributed by atoms with E-state index < -0.39 is 0 Å². The number of benzene rings is 1. The molecule has 0 saturated carbocycles. The largest absolute Gasteiger partial charge is 0.409 e. The van der Waals surface area contributed by atoms with Crippen molar-refractivity contribution in [2.24, 2.45) is 0 Å². The highest BCUT2D eigenvalue weighted by atomic mass is 16.6. The van der Waals surface area contributed by atoms with Gasteiger partial charge in [-0.15, -0.1) is 0 Å². The van der Waals surface area contributed by atoms with Crippen LogP contribution in [0.15, 0.2) is 24.3 Å². The number of aryl methyl sites for hydroxylation is 1. The maximum absolute atomic E-state index is 5.06. The van der Waals surface area contributed by atoms with Crippen LogP contribution in [0.4, 0.5) is 0 Å². The predicted molar refractivity (Wildman–Crippen MR) is 45.5 cm³/mol. The fourth-order valence-corrected chi connectivity index (χ4v) is 0.911. The highest BCUT2D eigenvalue weighted by Crippen LogP contribution is 2.10. The summed E-state index contributed by atoms with van der Waals surface area (Å²) in [4.78, 5) is 5.06. The topological polar surface area (TPSA) is 21.3 Å². The first-order valence-corrected chi connectivity index (χ1v) is 3.79. The maximum atomic E-state index is 5.06. The van der Waals surface area contributed by atoms with E-state index in [4.69, 9.17) is 4.84 Å². The molecule has 0 aliphatic rings. The summed E-state index contributed by atoms with van der Waals surface area (Å²) >= 11 is 0. The van der Waals surface area contributed by atoms with Crippen LogP contribution >= 0.6 is 0 Å². The summed E-state index contributed by atoms with van der Waals surface area (Å²) in [6.45, 7) is 2.13. The molecule has 0 amide bonds. The molecule has 0 spiro atoms. The zero-order chi connectivity index (χ0) is 8.10. The fraction of sp³-hybridized carbons (Fsp3) is 0.333. The van der Waals surface area contributed by atoms with Crippen LogP contribution in [-0.2, 0) is 6.42 Å². The highest BCUT2D eigenvalue weighted by molar-refractivity contribution is 5.26. The molecular formula is C9H13NO. The van der Waals surface area contributed by atoms with Gasteiger partial charge in [0.1, 0.15) is 5.75 Å². The maximum Gasteiger partial charge on any atom is 0.147 e. The lowest BCUT2D eigenvalue weighted by Crippen LogP contribution is -2.10. The Kier molecular flexibility index (Phi) is 2.93. The lowest BCUT2D eigenvalue weighted by Gasteiger charge is -2.02. The minimum atomic E-state index is 0.852. The zero-order valence-electron chi connectivity index (χ0n) is 6.92. The van der Waals surface area contributed by atoms with Crippen molar-refractivity contribution < 1.29 is 4.84 Å². The van der Waals surface area contributed by atoms with Gasteiger partial charge in [-0.3, -0.25) is 0 Å². The van der Waals surface area contributed by atoms with E-state index in [-0.39, 0.29) is 0 Å². The Labute approximate surface area is 67.1 Å². The minimum Gasteiger partial charge on any atom is -0.409 e. The summed E-state index contributed by atoms with van der Waals surface area (Å²) in [5.41, 5.74) is 3.95. The molecule has 0 atom stereocenters. The van der Waals surface area contributed by atoms with Crippen molar-refractivity contribution in [2.45, 2.75) is 13.3 Å². The van der Waals surface area contributed by atoms with Crippen LogP contribution in [0.5, 0.6) is 5.75 Å². The van der Waals surface area contributed by atoms with Crippen LogP contribution in [0, 0.1) is 0 Å². The Morgan fingerprint density at radius 2 is 1.91 bits per heavy atom. The Morgan fingerprint density at radius 1 is 1.27 bits per heavy atom. The predicted octanol–water partition coefficient (Wildman–Crippen LogP) is 1.76. The van der Waals surface area contributed by atoms with E-state index in [1.54, 1.807) is 7.05 Å². The van der Waals surface area contributed by atoms with Gasteiger partial charge >= 0.3 is 0 Å². The number of hydrogen-bond acceptors (Lipinski definition) is 2. The Balaban J connectivity index is 2.66. The average molecular weight is 151 g/mol. The first-order valence-electron chi connectivity index (χ1n) is 3.79. The Morgan fingerprint density at radius 3 is 2.36 bits per heavy atom. The smallest absolute Gasteiger partial charge is 0.147 e. The molecule has 0 radical (unpaired) electrons. The van der Waals surface area contributed by atoms with Crippen molar-refractivity contribution in [2.75, 3.05) is 7.05 Å². The van der Waals surface area contributed by atoms with Crippen molar-refractivity contribution in [1.82, 2.24) is 5.48 Å². The quantitative estimate of drug-likeness (QED) is 0.665. The van der Waals surface area contributed by atoms with E-state index in [2.05, 4.69) is 24.5 Å². The molecule has 1 aromatic rings. The SMILES string of the molecule is CCc1ccc(ONC)cc1. The molecule has 0 fully saturated rings. The van der Waals surface area contributed by atoms with Gasteiger partial charge in [0, 0.05) is 7.05 Å². The normalized spacial score (nSPS) is 9.64. The van der Waals surface area contributed by atoms with Crippen molar-refractivity contribution >= 4 is 0 Å². The van der Waals surface area contributed by atoms with Crippen LogP contribution in [0.1, 0.15) is 12.5 Å². The summed E-state index contributed by atoms with van der Waals surface area (Å²) in [5.74, 6) is 0.852. The molecule has 0 aromatic heterocycles. The van der Waals surface area contributed by atoms with Crippen molar-refractivity contribution in [1.29, 1.82) is 0 Å². The van der Waals surface area contributed by atoms with Crippen molar-refractivity contribution in [3.8, 4) is 5.75 Å². The van der Waals surface area contributed by atoms with E-state index in [0.717, 1.165) is 12.2 Å². The molecule has 60 valence electrons. The van der Waals surface area contributed by atoms with E-state index >= 15 is 0 Å². The molecule has 1 aromatic carbocycles. The number of rotatable bonds is 3. The lowest BCUT2D eigenvalue weighted by atomic mass is 10.2. The second-order valence-corrected chi connectivity index (χ2v) is 2.30. The lowest BCUT2D eigenvalue weighted by molar-refractivity contribution is 0.224. The first kappa shape index (κ1) is 8.08. The van der Waals surface area contributed by atoms with E-state index in [1.165, 1.54) is 5.56 Å². The van der Waals surface area contributed by atoms with Gasteiger partial charge in [0.2, 0.25) is 0 Å². The van der Waals surface area contributed by atoms with Gasteiger partial charge in [-0.2, -0.15) is 5.48 Å². The monoisotopic (exact) mass is 151 g/mol. The molecule has 1 rings (SSSR count). The van der Waals surface area contributed by atoms with Crippen LogP contribution in [0.3, 0.4) is 0 Å². The molecule has 1 N–H and O–H groups in total. The van der Waals surface area contributed by atoms with Crippen LogP contribution in [-0.4, -0.2) is 7.05 Å². The third-order valence-corrected chi connectivity index (χ3v) is 1.55. The van der Waals surface area contributed by atoms with E-state index in [1.807, 2.05) is 12.1 Å². The molecule has 0 aliphatic heterocycles. The average Bonchev–Trinajstić information content (AvgIpc) is 2.07. The van der Waals surface area contributed by atoms with Gasteiger partial charge in [-0.25, -0.2) is 0 Å². The molecule has 2 nitrogen and oxygen atoms in total. The summed E-state index contributed by atoms with van der Waals surface area (Å²) in [5, 5.41) is 0. The molecule has 2 heteroatoms. The zero-order valence-corrected chi connectivity index (χ0v) is 6.92. The summed E-state index contributed by atoms with van der Waals surface area (Å²) < 4.78 is 0. The second-order valence-electron chi connectivity index (χ2n) is 2.30. The number of hydroxylamine groups is 1. The number of nitrogens with one attached hydrogen (secondary N) is 1. The molecule has 0 bridgehead atoms. The van der Waals surface area contributed by atoms with Crippen LogP contribution in [0.25, 0.3) is 0 Å². The van der Waals surface area contributed by atoms with Gasteiger partial charge in [0.05, 0.1) is 0 Å². The third-order valence-electron chi connectivity index (χ3n) is 1.55. The second kappa shape index (κ2) is 3.98. The summed E-state index contributed by atoms with van der Waals surface area (Å²) in [6, 6.07) is 8.03. The van der Waals surface area contributed by atoms with Crippen molar-refractivity contribution in [3.63, 3.8) is 0 Å². The van der Waals surface area contributed by atoms with Gasteiger partial charge in [0.25, 0.3) is 0 Å². The van der Waals surface area contributed by atoms with Gasteiger partial charge < -0.3 is 4.84 Å². The molecule has 11 heavy (non-hydrogen) atoms. The summed E-state index contributed by atoms with van der Waals surface area (Å²) in [7, 11) is 1.74. The van der Waals surface area contributed by atoms with Gasteiger partial charge in [0.15, 0.2) is 0 Å². The molecule has 0 unspecified atom stereocenters. The first-order chi connectivity index (χ1) is 5.36. The fourth-order valence-electron chi connectivity index (χ4n) is 0.911. The molecular weight excluding hydrogens is 138 g/mol. The Bertz CT molecular complexity index is 205. The Hall–Kier alpha value is -1.02. The molecule has 0 heterocycles. The summed E-state index contributed by atoms with van der Waals surface area (Å²) in [6.07, 6.45) is 1.07. The van der Waals surface area contributed by atoms with Crippen molar-refractivity contribution in [3.05, 3.63) is 29.8 Å². The van der Waals surface area contributed by atoms with Crippen LogP contribution in [0.2, 0.25) is 0 Å². The molecule has 0 aliphatic carbocycles. The molecule has 0 saturated heterocycles.